The Bertz CT molecular complexity index is 1180. The number of likely N-dealkylation sites (tertiary alicyclic amines) is 1. The van der Waals surface area contributed by atoms with E-state index in [2.05, 4.69) is 20.8 Å². The van der Waals surface area contributed by atoms with Gasteiger partial charge in [-0.25, -0.2) is 0 Å². The first-order valence-corrected chi connectivity index (χ1v) is 12.6. The largest absolute Gasteiger partial charge is 0.350 e. The van der Waals surface area contributed by atoms with Gasteiger partial charge in [0.1, 0.15) is 0 Å². The molecule has 0 spiro atoms. The van der Waals surface area contributed by atoms with Crippen LogP contribution in [0.5, 0.6) is 0 Å². The van der Waals surface area contributed by atoms with Gasteiger partial charge in [0.2, 0.25) is 15.9 Å². The molecule has 35 heavy (non-hydrogen) atoms. The topological polar surface area (TPSA) is 104 Å². The van der Waals surface area contributed by atoms with E-state index in [4.69, 9.17) is 11.6 Å². The summed E-state index contributed by atoms with van der Waals surface area (Å²) in [6.45, 7) is 3.05. The lowest BCUT2D eigenvalue weighted by molar-refractivity contribution is -0.122. The summed E-state index contributed by atoms with van der Waals surface area (Å²) in [6, 6.07) is 16.5. The van der Waals surface area contributed by atoms with Crippen LogP contribution < -0.4 is 10.6 Å². The highest BCUT2D eigenvalue weighted by Crippen LogP contribution is 2.24. The van der Waals surface area contributed by atoms with Crippen LogP contribution in [-0.2, 0) is 4.79 Å². The Morgan fingerprint density at radius 2 is 1.69 bits per heavy atom. The van der Waals surface area contributed by atoms with Crippen molar-refractivity contribution in [3.8, 4) is 0 Å². The molecule has 1 saturated heterocycles. The molecule has 2 aromatic carbocycles. The van der Waals surface area contributed by atoms with Crippen molar-refractivity contribution in [2.45, 2.75) is 32.2 Å². The Kier molecular flexibility index (Phi) is 8.09. The summed E-state index contributed by atoms with van der Waals surface area (Å²) in [6.07, 6.45) is 1.91. The van der Waals surface area contributed by atoms with Gasteiger partial charge in [0.15, 0.2) is 0 Å². The maximum atomic E-state index is 12.9. The van der Waals surface area contributed by atoms with E-state index in [0.29, 0.717) is 30.2 Å². The van der Waals surface area contributed by atoms with Crippen LogP contribution in [0, 0.1) is 5.92 Å². The van der Waals surface area contributed by atoms with E-state index in [-0.39, 0.29) is 33.8 Å². The summed E-state index contributed by atoms with van der Waals surface area (Å²) in [7, 11) is 0. The van der Waals surface area contributed by atoms with Gasteiger partial charge in [-0.05, 0) is 55.5 Å². The predicted octanol–water partition coefficient (Wildman–Crippen LogP) is 4.56. The van der Waals surface area contributed by atoms with E-state index in [0.717, 1.165) is 29.7 Å². The Morgan fingerprint density at radius 1 is 1.03 bits per heavy atom. The monoisotopic (exact) mass is 511 g/mol. The van der Waals surface area contributed by atoms with Gasteiger partial charge in [-0.3, -0.25) is 14.4 Å². The maximum absolute atomic E-state index is 12.9. The minimum absolute atomic E-state index is 0.0200. The zero-order valence-corrected chi connectivity index (χ0v) is 20.8. The summed E-state index contributed by atoms with van der Waals surface area (Å²) < 4.78 is 0. The van der Waals surface area contributed by atoms with Crippen molar-refractivity contribution < 1.29 is 14.4 Å². The molecule has 1 atom stereocenters. The SMILES string of the molecule is C[C@H](NC(=O)CC1CCN(C(=O)c2nnc(C(=O)Nc3ccc(Cl)cc3)s2)CC1)c1ccccc1. The number of rotatable bonds is 7. The lowest BCUT2D eigenvalue weighted by Crippen LogP contribution is -2.39. The Hall–Kier alpha value is -3.30. The van der Waals surface area contributed by atoms with Crippen molar-refractivity contribution in [2.24, 2.45) is 5.92 Å². The molecular formula is C25H26ClN5O3S. The molecule has 10 heteroatoms. The number of amides is 3. The smallest absolute Gasteiger partial charge is 0.286 e. The maximum Gasteiger partial charge on any atom is 0.286 e. The van der Waals surface area contributed by atoms with Gasteiger partial charge < -0.3 is 15.5 Å². The highest BCUT2D eigenvalue weighted by atomic mass is 35.5. The van der Waals surface area contributed by atoms with Crippen molar-refractivity contribution in [2.75, 3.05) is 18.4 Å². The number of hydrogen-bond acceptors (Lipinski definition) is 6. The van der Waals surface area contributed by atoms with Gasteiger partial charge >= 0.3 is 0 Å². The Labute approximate surface area is 212 Å². The van der Waals surface area contributed by atoms with Gasteiger partial charge in [-0.15, -0.1) is 10.2 Å². The number of anilines is 1. The number of nitrogens with one attached hydrogen (secondary N) is 2. The lowest BCUT2D eigenvalue weighted by Gasteiger charge is -2.31. The molecule has 182 valence electrons. The van der Waals surface area contributed by atoms with Crippen LogP contribution >= 0.6 is 22.9 Å². The molecule has 3 amide bonds. The molecule has 0 radical (unpaired) electrons. The average Bonchev–Trinajstić information content (AvgIpc) is 3.36. The normalized spacial score (nSPS) is 14.9. The van der Waals surface area contributed by atoms with Crippen LogP contribution in [0.15, 0.2) is 54.6 Å². The van der Waals surface area contributed by atoms with E-state index in [9.17, 15) is 14.4 Å². The van der Waals surface area contributed by atoms with E-state index in [1.807, 2.05) is 37.3 Å². The number of hydrogen-bond donors (Lipinski definition) is 2. The first kappa shape index (κ1) is 24.8. The second kappa shape index (κ2) is 11.4. The van der Waals surface area contributed by atoms with Crippen LogP contribution in [-0.4, -0.2) is 45.9 Å². The van der Waals surface area contributed by atoms with Gasteiger partial charge in [0.25, 0.3) is 11.8 Å². The van der Waals surface area contributed by atoms with E-state index in [1.165, 1.54) is 0 Å². The summed E-state index contributed by atoms with van der Waals surface area (Å²) in [5.74, 6) is -0.435. The van der Waals surface area contributed by atoms with Crippen LogP contribution in [0.1, 0.15) is 57.4 Å². The first-order valence-electron chi connectivity index (χ1n) is 11.4. The average molecular weight is 512 g/mol. The second-order valence-electron chi connectivity index (χ2n) is 8.51. The lowest BCUT2D eigenvalue weighted by atomic mass is 9.93. The van der Waals surface area contributed by atoms with E-state index < -0.39 is 5.91 Å². The molecule has 1 aromatic heterocycles. The molecule has 1 aliphatic heterocycles. The molecule has 0 saturated carbocycles. The molecule has 2 heterocycles. The van der Waals surface area contributed by atoms with Crippen LogP contribution in [0.3, 0.4) is 0 Å². The fourth-order valence-corrected chi connectivity index (χ4v) is 4.81. The predicted molar refractivity (Wildman–Crippen MR) is 136 cm³/mol. The molecule has 0 bridgehead atoms. The standard InChI is InChI=1S/C25H26ClN5O3S/c1-16(18-5-3-2-4-6-18)27-21(32)15-17-11-13-31(14-12-17)25(34)24-30-29-23(35-24)22(33)28-20-9-7-19(26)8-10-20/h2-10,16-17H,11-15H2,1H3,(H,27,32)(H,28,33)/t16-/m0/s1. The zero-order chi connectivity index (χ0) is 24.8. The zero-order valence-electron chi connectivity index (χ0n) is 19.2. The van der Waals surface area contributed by atoms with Gasteiger partial charge in [-0.2, -0.15) is 0 Å². The number of benzene rings is 2. The molecule has 1 fully saturated rings. The van der Waals surface area contributed by atoms with Gasteiger partial charge in [-0.1, -0.05) is 53.3 Å². The van der Waals surface area contributed by atoms with Crippen molar-refractivity contribution in [1.29, 1.82) is 0 Å². The summed E-state index contributed by atoms with van der Waals surface area (Å²) in [4.78, 5) is 39.5. The molecule has 3 aromatic rings. The Morgan fingerprint density at radius 3 is 2.37 bits per heavy atom. The summed E-state index contributed by atoms with van der Waals surface area (Å²) >= 11 is 6.82. The number of aromatic nitrogens is 2. The van der Waals surface area contributed by atoms with Crippen LogP contribution in [0.4, 0.5) is 5.69 Å². The number of halogens is 1. The van der Waals surface area contributed by atoms with E-state index >= 15 is 0 Å². The number of carbonyl (C=O) groups excluding carboxylic acids is 3. The summed E-state index contributed by atoms with van der Waals surface area (Å²) in [5, 5.41) is 14.4. The van der Waals surface area contributed by atoms with Gasteiger partial charge in [0.05, 0.1) is 6.04 Å². The van der Waals surface area contributed by atoms with Crippen LogP contribution in [0.2, 0.25) is 5.02 Å². The third-order valence-corrected chi connectivity index (χ3v) is 7.12. The van der Waals surface area contributed by atoms with Crippen LogP contribution in [0.25, 0.3) is 0 Å². The minimum atomic E-state index is -0.432. The first-order chi connectivity index (χ1) is 16.9. The highest BCUT2D eigenvalue weighted by molar-refractivity contribution is 7.15. The van der Waals surface area contributed by atoms with Crippen molar-refractivity contribution in [3.63, 3.8) is 0 Å². The Balaban J connectivity index is 1.24. The minimum Gasteiger partial charge on any atom is -0.350 e. The molecule has 2 N–H and O–H groups in total. The van der Waals surface area contributed by atoms with Crippen molar-refractivity contribution in [3.05, 3.63) is 75.2 Å². The quantitative estimate of drug-likeness (QED) is 0.483. The third-order valence-electron chi connectivity index (χ3n) is 5.96. The molecule has 0 unspecified atom stereocenters. The second-order valence-corrected chi connectivity index (χ2v) is 9.93. The molecule has 0 aliphatic carbocycles. The van der Waals surface area contributed by atoms with E-state index in [1.54, 1.807) is 29.2 Å². The summed E-state index contributed by atoms with van der Waals surface area (Å²) in [5.41, 5.74) is 1.64. The van der Waals surface area contributed by atoms with Crippen molar-refractivity contribution in [1.82, 2.24) is 20.4 Å². The molecule has 1 aliphatic rings. The number of nitrogens with zero attached hydrogens (tertiary/aromatic N) is 3. The third kappa shape index (κ3) is 6.64. The van der Waals surface area contributed by atoms with Crippen molar-refractivity contribution >= 4 is 46.3 Å². The molecule has 8 nitrogen and oxygen atoms in total. The highest BCUT2D eigenvalue weighted by Gasteiger charge is 2.28. The van der Waals surface area contributed by atoms with Gasteiger partial charge in [0, 0.05) is 30.2 Å². The fourth-order valence-electron chi connectivity index (χ4n) is 3.98. The molecular weight excluding hydrogens is 486 g/mol. The molecule has 4 rings (SSSR count). The number of piperidine rings is 1. The number of carbonyl (C=O) groups is 3. The fraction of sp³-hybridized carbons (Fsp3) is 0.320.